The fraction of sp³-hybridized carbons (Fsp3) is 0.167. The van der Waals surface area contributed by atoms with Gasteiger partial charge in [0.25, 0.3) is 0 Å². The average Bonchev–Trinajstić information content (AvgIpc) is 3.30. The van der Waals surface area contributed by atoms with E-state index in [1.165, 1.54) is 11.8 Å². The van der Waals surface area contributed by atoms with E-state index in [1.54, 1.807) is 23.8 Å². The van der Waals surface area contributed by atoms with Crippen LogP contribution >= 0.6 is 11.8 Å². The molecule has 0 amide bonds. The van der Waals surface area contributed by atoms with Gasteiger partial charge in [-0.2, -0.15) is 10.2 Å². The molecule has 2 aromatic carbocycles. The molecule has 0 fully saturated rings. The van der Waals surface area contributed by atoms with Crippen molar-refractivity contribution >= 4 is 11.8 Å². The first kappa shape index (κ1) is 21.4. The Morgan fingerprint density at radius 3 is 2.75 bits per heavy atom. The Morgan fingerprint density at radius 2 is 2.00 bits per heavy atom. The Bertz CT molecular complexity index is 1340. The molecular weight excluding hydrogens is 424 g/mol. The third kappa shape index (κ3) is 4.90. The minimum absolute atomic E-state index is 0.305. The zero-order chi connectivity index (χ0) is 22.5. The molecule has 0 saturated carbocycles. The molecule has 4 aromatic rings. The molecule has 0 bridgehead atoms. The third-order valence-electron chi connectivity index (χ3n) is 4.84. The van der Waals surface area contributed by atoms with E-state index < -0.39 is 0 Å². The van der Waals surface area contributed by atoms with Gasteiger partial charge in [0.2, 0.25) is 0 Å². The monoisotopic (exact) mass is 444 g/mol. The minimum atomic E-state index is -0.305. The van der Waals surface area contributed by atoms with Crippen molar-refractivity contribution in [3.05, 3.63) is 93.7 Å². The smallest absolute Gasteiger partial charge is 0.348 e. The average molecular weight is 445 g/mol. The molecule has 0 N–H and O–H groups in total. The first-order valence-electron chi connectivity index (χ1n) is 9.85. The van der Waals surface area contributed by atoms with Crippen LogP contribution in [0, 0.1) is 18.3 Å². The van der Waals surface area contributed by atoms with Crippen LogP contribution in [0.2, 0.25) is 0 Å². The summed E-state index contributed by atoms with van der Waals surface area (Å²) in [6.07, 6.45) is 1.82. The number of methoxy groups -OCH3 is 1. The van der Waals surface area contributed by atoms with Gasteiger partial charge in [-0.3, -0.25) is 4.57 Å². The molecule has 0 aliphatic heterocycles. The van der Waals surface area contributed by atoms with Crippen LogP contribution in [-0.4, -0.2) is 21.8 Å². The summed E-state index contributed by atoms with van der Waals surface area (Å²) in [5.41, 5.74) is 3.64. The van der Waals surface area contributed by atoms with Crippen LogP contribution < -0.4 is 10.4 Å². The zero-order valence-electron chi connectivity index (χ0n) is 17.6. The van der Waals surface area contributed by atoms with Crippen LogP contribution in [0.3, 0.4) is 0 Å². The molecule has 0 radical (unpaired) electrons. The Hall–Kier alpha value is -3.83. The van der Waals surface area contributed by atoms with Gasteiger partial charge >= 0.3 is 5.69 Å². The topological polar surface area (TPSA) is 93.9 Å². The minimum Gasteiger partial charge on any atom is -0.497 e. The maximum atomic E-state index is 12.5. The molecule has 160 valence electrons. The molecule has 0 spiro atoms. The van der Waals surface area contributed by atoms with Crippen LogP contribution in [0.5, 0.6) is 5.75 Å². The number of ether oxygens (including phenoxy) is 1. The maximum absolute atomic E-state index is 12.5. The van der Waals surface area contributed by atoms with Crippen molar-refractivity contribution in [3.8, 4) is 23.1 Å². The third-order valence-corrected chi connectivity index (χ3v) is 5.95. The maximum Gasteiger partial charge on any atom is 0.348 e. The van der Waals surface area contributed by atoms with E-state index in [1.807, 2.05) is 55.6 Å². The van der Waals surface area contributed by atoms with Gasteiger partial charge in [-0.05, 0) is 42.3 Å². The summed E-state index contributed by atoms with van der Waals surface area (Å²) >= 11 is 1.42. The Morgan fingerprint density at radius 1 is 1.19 bits per heavy atom. The van der Waals surface area contributed by atoms with Gasteiger partial charge in [0.15, 0.2) is 0 Å². The van der Waals surface area contributed by atoms with E-state index in [9.17, 15) is 4.79 Å². The van der Waals surface area contributed by atoms with Crippen molar-refractivity contribution in [1.29, 1.82) is 5.26 Å². The van der Waals surface area contributed by atoms with Crippen molar-refractivity contribution in [2.24, 2.45) is 0 Å². The highest BCUT2D eigenvalue weighted by atomic mass is 32.2. The Labute approximate surface area is 189 Å². The second kappa shape index (κ2) is 9.54. The zero-order valence-corrected chi connectivity index (χ0v) is 18.4. The molecule has 4 rings (SSSR count). The lowest BCUT2D eigenvalue weighted by molar-refractivity contribution is 0.397. The van der Waals surface area contributed by atoms with E-state index in [0.29, 0.717) is 34.3 Å². The molecule has 8 heteroatoms. The molecule has 0 atom stereocenters. The standard InChI is InChI=1S/C24H20N4O3S/c1-16-13-28(14-17-6-8-20(30-2)9-7-17)24(29)26-23(16)32-15-21-11-22(27-31-21)19-5-3-4-18(10-19)12-25/h3-11,13H,14-15H2,1-2H3. The van der Waals surface area contributed by atoms with E-state index in [0.717, 1.165) is 22.4 Å². The van der Waals surface area contributed by atoms with Crippen molar-refractivity contribution in [2.75, 3.05) is 7.11 Å². The van der Waals surface area contributed by atoms with E-state index in [-0.39, 0.29) is 5.69 Å². The highest BCUT2D eigenvalue weighted by Gasteiger charge is 2.11. The lowest BCUT2D eigenvalue weighted by atomic mass is 10.1. The lowest BCUT2D eigenvalue weighted by Gasteiger charge is -2.09. The number of hydrogen-bond donors (Lipinski definition) is 0. The van der Waals surface area contributed by atoms with Gasteiger partial charge in [0, 0.05) is 17.8 Å². The van der Waals surface area contributed by atoms with E-state index in [2.05, 4.69) is 16.2 Å². The molecule has 7 nitrogen and oxygen atoms in total. The summed E-state index contributed by atoms with van der Waals surface area (Å²) in [5.74, 6) is 1.92. The van der Waals surface area contributed by atoms with Crippen LogP contribution in [0.15, 0.2) is 75.1 Å². The van der Waals surface area contributed by atoms with Gasteiger partial charge in [-0.25, -0.2) is 4.79 Å². The van der Waals surface area contributed by atoms with Crippen LogP contribution in [0.4, 0.5) is 0 Å². The van der Waals surface area contributed by atoms with Gasteiger partial charge in [0.05, 0.1) is 31.0 Å². The second-order valence-corrected chi connectivity index (χ2v) is 8.11. The molecule has 2 heterocycles. The number of benzene rings is 2. The van der Waals surface area contributed by atoms with Crippen LogP contribution in [0.25, 0.3) is 11.3 Å². The summed E-state index contributed by atoms with van der Waals surface area (Å²) in [6.45, 7) is 2.37. The summed E-state index contributed by atoms with van der Waals surface area (Å²) in [6, 6.07) is 18.7. The lowest BCUT2D eigenvalue weighted by Crippen LogP contribution is -2.24. The first-order valence-corrected chi connectivity index (χ1v) is 10.8. The summed E-state index contributed by atoms with van der Waals surface area (Å²) in [4.78, 5) is 16.8. The van der Waals surface area contributed by atoms with Crippen molar-refractivity contribution in [2.45, 2.75) is 24.2 Å². The number of aromatic nitrogens is 3. The van der Waals surface area contributed by atoms with Crippen LogP contribution in [-0.2, 0) is 12.3 Å². The predicted octanol–water partition coefficient (Wildman–Crippen LogP) is 4.43. The van der Waals surface area contributed by atoms with Gasteiger partial charge in [0.1, 0.15) is 22.2 Å². The fourth-order valence-corrected chi connectivity index (χ4v) is 4.01. The largest absolute Gasteiger partial charge is 0.497 e. The van der Waals surface area contributed by atoms with E-state index >= 15 is 0 Å². The number of aryl methyl sites for hydroxylation is 1. The molecule has 0 aliphatic carbocycles. The quantitative estimate of drug-likeness (QED) is 0.307. The van der Waals surface area contributed by atoms with Crippen molar-refractivity contribution in [1.82, 2.24) is 14.7 Å². The number of hydrogen-bond acceptors (Lipinski definition) is 7. The highest BCUT2D eigenvalue weighted by Crippen LogP contribution is 2.26. The Kier molecular flexibility index (Phi) is 6.38. The molecule has 0 aliphatic rings. The van der Waals surface area contributed by atoms with E-state index in [4.69, 9.17) is 14.5 Å². The first-order chi connectivity index (χ1) is 15.6. The normalized spacial score (nSPS) is 10.7. The van der Waals surface area contributed by atoms with Crippen LogP contribution in [0.1, 0.15) is 22.5 Å². The summed E-state index contributed by atoms with van der Waals surface area (Å²) in [5, 5.41) is 13.8. The number of rotatable bonds is 7. The van der Waals surface area contributed by atoms with Gasteiger partial charge in [-0.15, -0.1) is 0 Å². The van der Waals surface area contributed by atoms with Crippen molar-refractivity contribution in [3.63, 3.8) is 0 Å². The van der Waals surface area contributed by atoms with Gasteiger partial charge < -0.3 is 9.26 Å². The van der Waals surface area contributed by atoms with Gasteiger partial charge in [-0.1, -0.05) is 41.2 Å². The molecular formula is C24H20N4O3S. The predicted molar refractivity (Wildman–Crippen MR) is 122 cm³/mol. The number of nitriles is 1. The van der Waals surface area contributed by atoms with Crippen molar-refractivity contribution < 1.29 is 9.26 Å². The summed E-state index contributed by atoms with van der Waals surface area (Å²) < 4.78 is 12.2. The fourth-order valence-electron chi connectivity index (χ4n) is 3.18. The molecule has 0 saturated heterocycles. The molecule has 0 unspecified atom stereocenters. The molecule has 2 aromatic heterocycles. The SMILES string of the molecule is COc1ccc(Cn2cc(C)c(SCc3cc(-c4cccc(C#N)c4)no3)nc2=O)cc1. The Balaban J connectivity index is 1.45. The summed E-state index contributed by atoms with van der Waals surface area (Å²) in [7, 11) is 1.62. The second-order valence-electron chi connectivity index (χ2n) is 7.15. The molecule has 32 heavy (non-hydrogen) atoms. The highest BCUT2D eigenvalue weighted by molar-refractivity contribution is 7.98. The number of nitrogens with zero attached hydrogens (tertiary/aromatic N) is 4. The number of thioether (sulfide) groups is 1.